The van der Waals surface area contributed by atoms with Crippen molar-refractivity contribution in [3.8, 4) is 0 Å². The van der Waals surface area contributed by atoms with Gasteiger partial charge in [-0.2, -0.15) is 0 Å². The molecule has 0 saturated heterocycles. The van der Waals surface area contributed by atoms with Gasteiger partial charge in [0.25, 0.3) is 0 Å². The highest BCUT2D eigenvalue weighted by Crippen LogP contribution is 2.27. The standard InChI is InChI=1S/C9H17NO2S/c1-12-9(11)6-13-8-4-2-7(10)3-5-8/h7-8H,2-6,10H2,1H3. The maximum Gasteiger partial charge on any atom is 0.315 e. The first-order chi connectivity index (χ1) is 6.22. The predicted octanol–water partition coefficient (Wildman–Crippen LogP) is 1.16. The van der Waals surface area contributed by atoms with E-state index >= 15 is 0 Å². The summed E-state index contributed by atoms with van der Waals surface area (Å²) in [6.07, 6.45) is 4.48. The smallest absolute Gasteiger partial charge is 0.315 e. The fourth-order valence-electron chi connectivity index (χ4n) is 1.50. The third kappa shape index (κ3) is 4.00. The Labute approximate surface area is 83.4 Å². The Morgan fingerprint density at radius 1 is 1.46 bits per heavy atom. The highest BCUT2D eigenvalue weighted by Gasteiger charge is 2.19. The zero-order valence-corrected chi connectivity index (χ0v) is 8.81. The molecule has 3 nitrogen and oxygen atoms in total. The molecule has 0 unspecified atom stereocenters. The second-order valence-electron chi connectivity index (χ2n) is 3.42. The molecule has 0 radical (unpaired) electrons. The van der Waals surface area contributed by atoms with E-state index in [0.717, 1.165) is 25.7 Å². The molecule has 1 fully saturated rings. The molecule has 1 saturated carbocycles. The number of hydrogen-bond acceptors (Lipinski definition) is 4. The maximum absolute atomic E-state index is 10.9. The summed E-state index contributed by atoms with van der Waals surface area (Å²) in [5.41, 5.74) is 5.78. The Morgan fingerprint density at radius 2 is 2.08 bits per heavy atom. The van der Waals surface area contributed by atoms with Crippen LogP contribution < -0.4 is 5.73 Å². The van der Waals surface area contributed by atoms with Gasteiger partial charge in [0, 0.05) is 11.3 Å². The number of ether oxygens (including phenoxy) is 1. The molecule has 1 aliphatic rings. The van der Waals surface area contributed by atoms with Gasteiger partial charge < -0.3 is 10.5 Å². The van der Waals surface area contributed by atoms with Gasteiger partial charge in [-0.05, 0) is 25.7 Å². The molecule has 1 aliphatic carbocycles. The number of thioether (sulfide) groups is 1. The third-order valence-corrected chi connectivity index (χ3v) is 3.73. The predicted molar refractivity (Wildman–Crippen MR) is 54.7 cm³/mol. The molecule has 0 aromatic heterocycles. The average Bonchev–Trinajstić information content (AvgIpc) is 2.16. The van der Waals surface area contributed by atoms with E-state index in [9.17, 15) is 4.79 Å². The third-order valence-electron chi connectivity index (χ3n) is 2.38. The van der Waals surface area contributed by atoms with Crippen LogP contribution >= 0.6 is 11.8 Å². The molecular weight excluding hydrogens is 186 g/mol. The SMILES string of the molecule is COC(=O)CSC1CCC(N)CC1. The normalized spacial score (nSPS) is 28.5. The number of carbonyl (C=O) groups is 1. The number of carbonyl (C=O) groups excluding carboxylic acids is 1. The summed E-state index contributed by atoms with van der Waals surface area (Å²) >= 11 is 1.70. The van der Waals surface area contributed by atoms with Crippen molar-refractivity contribution in [3.05, 3.63) is 0 Å². The first kappa shape index (κ1) is 10.9. The minimum Gasteiger partial charge on any atom is -0.468 e. The van der Waals surface area contributed by atoms with Gasteiger partial charge in [0.15, 0.2) is 0 Å². The largest absolute Gasteiger partial charge is 0.468 e. The Kier molecular flexibility index (Phi) is 4.59. The lowest BCUT2D eigenvalue weighted by Gasteiger charge is -2.25. The summed E-state index contributed by atoms with van der Waals surface area (Å²) in [6, 6.07) is 0.384. The fraction of sp³-hybridized carbons (Fsp3) is 0.889. The molecule has 0 aromatic rings. The average molecular weight is 203 g/mol. The lowest BCUT2D eigenvalue weighted by Crippen LogP contribution is -2.28. The van der Waals surface area contributed by atoms with Crippen molar-refractivity contribution >= 4 is 17.7 Å². The van der Waals surface area contributed by atoms with Crippen LogP contribution in [0.25, 0.3) is 0 Å². The molecule has 0 heterocycles. The summed E-state index contributed by atoms with van der Waals surface area (Å²) < 4.78 is 4.58. The first-order valence-corrected chi connectivity index (χ1v) is 5.71. The van der Waals surface area contributed by atoms with Crippen LogP contribution in [0.15, 0.2) is 0 Å². The van der Waals surface area contributed by atoms with Gasteiger partial charge in [0.1, 0.15) is 0 Å². The molecular formula is C9H17NO2S. The van der Waals surface area contributed by atoms with Crippen molar-refractivity contribution in [2.24, 2.45) is 5.73 Å². The van der Waals surface area contributed by atoms with E-state index in [0.29, 0.717) is 17.0 Å². The van der Waals surface area contributed by atoms with Gasteiger partial charge in [-0.3, -0.25) is 4.79 Å². The van der Waals surface area contributed by atoms with Gasteiger partial charge in [0.05, 0.1) is 12.9 Å². The number of hydrogen-bond donors (Lipinski definition) is 1. The maximum atomic E-state index is 10.9. The van der Waals surface area contributed by atoms with Crippen LogP contribution in [0.4, 0.5) is 0 Å². The summed E-state index contributed by atoms with van der Waals surface area (Å²) in [5.74, 6) is 0.357. The van der Waals surface area contributed by atoms with Crippen LogP contribution in [0.1, 0.15) is 25.7 Å². The van der Waals surface area contributed by atoms with Crippen molar-refractivity contribution in [2.45, 2.75) is 37.0 Å². The van der Waals surface area contributed by atoms with Crippen molar-refractivity contribution in [2.75, 3.05) is 12.9 Å². The van der Waals surface area contributed by atoms with Gasteiger partial charge >= 0.3 is 5.97 Å². The molecule has 0 spiro atoms. The van der Waals surface area contributed by atoms with E-state index in [2.05, 4.69) is 4.74 Å². The second kappa shape index (κ2) is 5.50. The van der Waals surface area contributed by atoms with Crippen LogP contribution in [0.2, 0.25) is 0 Å². The molecule has 0 amide bonds. The number of nitrogens with two attached hydrogens (primary N) is 1. The van der Waals surface area contributed by atoms with Gasteiger partial charge in [-0.25, -0.2) is 0 Å². The Balaban J connectivity index is 2.12. The quantitative estimate of drug-likeness (QED) is 0.699. The Bertz CT molecular complexity index is 167. The number of esters is 1. The van der Waals surface area contributed by atoms with Crippen LogP contribution in [-0.4, -0.2) is 30.1 Å². The van der Waals surface area contributed by atoms with Crippen LogP contribution in [-0.2, 0) is 9.53 Å². The van der Waals surface area contributed by atoms with Crippen molar-refractivity contribution in [1.82, 2.24) is 0 Å². The van der Waals surface area contributed by atoms with Crippen LogP contribution in [0.3, 0.4) is 0 Å². The molecule has 0 aliphatic heterocycles. The first-order valence-electron chi connectivity index (χ1n) is 4.66. The highest BCUT2D eigenvalue weighted by atomic mass is 32.2. The molecule has 0 atom stereocenters. The van der Waals surface area contributed by atoms with Crippen molar-refractivity contribution < 1.29 is 9.53 Å². The molecule has 0 aromatic carbocycles. The van der Waals surface area contributed by atoms with E-state index in [1.165, 1.54) is 7.11 Å². The van der Waals surface area contributed by atoms with E-state index < -0.39 is 0 Å². The summed E-state index contributed by atoms with van der Waals surface area (Å²) in [6.45, 7) is 0. The Hall–Kier alpha value is -0.220. The molecule has 0 bridgehead atoms. The summed E-state index contributed by atoms with van der Waals surface area (Å²) in [5, 5.41) is 0.610. The second-order valence-corrected chi connectivity index (χ2v) is 4.71. The van der Waals surface area contributed by atoms with E-state index in [1.54, 1.807) is 11.8 Å². The lowest BCUT2D eigenvalue weighted by molar-refractivity contribution is -0.137. The zero-order valence-electron chi connectivity index (χ0n) is 7.99. The molecule has 76 valence electrons. The van der Waals surface area contributed by atoms with Crippen LogP contribution in [0, 0.1) is 0 Å². The topological polar surface area (TPSA) is 52.3 Å². The molecule has 2 N–H and O–H groups in total. The van der Waals surface area contributed by atoms with E-state index in [1.807, 2.05) is 0 Å². The number of rotatable bonds is 3. The van der Waals surface area contributed by atoms with E-state index in [4.69, 9.17) is 5.73 Å². The zero-order chi connectivity index (χ0) is 9.68. The minimum atomic E-state index is -0.125. The summed E-state index contributed by atoms with van der Waals surface area (Å²) in [7, 11) is 1.43. The minimum absolute atomic E-state index is 0.125. The van der Waals surface area contributed by atoms with Crippen molar-refractivity contribution in [1.29, 1.82) is 0 Å². The van der Waals surface area contributed by atoms with E-state index in [-0.39, 0.29) is 5.97 Å². The monoisotopic (exact) mass is 203 g/mol. The summed E-state index contributed by atoms with van der Waals surface area (Å²) in [4.78, 5) is 10.9. The highest BCUT2D eigenvalue weighted by molar-refractivity contribution is 8.00. The molecule has 1 rings (SSSR count). The van der Waals surface area contributed by atoms with Gasteiger partial charge in [-0.15, -0.1) is 11.8 Å². The molecule has 13 heavy (non-hydrogen) atoms. The molecule has 4 heteroatoms. The lowest BCUT2D eigenvalue weighted by atomic mass is 9.96. The number of methoxy groups -OCH3 is 1. The van der Waals surface area contributed by atoms with Gasteiger partial charge in [0.2, 0.25) is 0 Å². The van der Waals surface area contributed by atoms with Crippen LogP contribution in [0.5, 0.6) is 0 Å². The Morgan fingerprint density at radius 3 is 2.62 bits per heavy atom. The van der Waals surface area contributed by atoms with Crippen molar-refractivity contribution in [3.63, 3.8) is 0 Å². The van der Waals surface area contributed by atoms with Gasteiger partial charge in [-0.1, -0.05) is 0 Å². The fourth-order valence-corrected chi connectivity index (χ4v) is 2.60.